The van der Waals surface area contributed by atoms with Crippen molar-refractivity contribution in [3.05, 3.63) is 5.82 Å². The summed E-state index contributed by atoms with van der Waals surface area (Å²) in [6.45, 7) is 6.10. The molecule has 0 aliphatic rings. The van der Waals surface area contributed by atoms with Crippen molar-refractivity contribution < 1.29 is 4.79 Å². The molecule has 1 aromatic heterocycles. The average Bonchev–Trinajstić information content (AvgIpc) is 2.66. The quantitative estimate of drug-likeness (QED) is 0.724. The van der Waals surface area contributed by atoms with E-state index in [4.69, 9.17) is 0 Å². The minimum atomic E-state index is -0.344. The molecule has 0 spiro atoms. The number of aromatic nitrogens is 4. The fraction of sp³-hybridized carbons (Fsp3) is 0.750. The standard InChI is InChI=1S/C8H15N5O/c1-4-8(2,3)7(14)9-5-6-10-12-13-11-6/h4-5H2,1-3H3,(H,9,14)(H,10,11,12,13). The van der Waals surface area contributed by atoms with Crippen LogP contribution < -0.4 is 5.32 Å². The second-order valence-electron chi connectivity index (χ2n) is 3.75. The molecule has 0 saturated carbocycles. The third kappa shape index (κ3) is 2.51. The van der Waals surface area contributed by atoms with Crippen LogP contribution in [0.2, 0.25) is 0 Å². The fourth-order valence-electron chi connectivity index (χ4n) is 0.817. The lowest BCUT2D eigenvalue weighted by atomic mass is 9.89. The van der Waals surface area contributed by atoms with Crippen LogP contribution in [-0.4, -0.2) is 26.5 Å². The highest BCUT2D eigenvalue weighted by atomic mass is 16.2. The van der Waals surface area contributed by atoms with E-state index >= 15 is 0 Å². The van der Waals surface area contributed by atoms with Gasteiger partial charge in [0.05, 0.1) is 6.54 Å². The molecule has 0 aliphatic carbocycles. The molecule has 1 rings (SSSR count). The van der Waals surface area contributed by atoms with Crippen molar-refractivity contribution in [1.82, 2.24) is 25.9 Å². The van der Waals surface area contributed by atoms with E-state index in [1.165, 1.54) is 0 Å². The van der Waals surface area contributed by atoms with E-state index in [-0.39, 0.29) is 11.3 Å². The maximum atomic E-state index is 11.6. The van der Waals surface area contributed by atoms with Crippen molar-refractivity contribution in [2.45, 2.75) is 33.7 Å². The number of amides is 1. The Labute approximate surface area is 82.5 Å². The number of H-pyrrole nitrogens is 1. The van der Waals surface area contributed by atoms with Gasteiger partial charge in [-0.05, 0) is 6.42 Å². The Morgan fingerprint density at radius 2 is 2.29 bits per heavy atom. The van der Waals surface area contributed by atoms with Crippen molar-refractivity contribution in [3.8, 4) is 0 Å². The van der Waals surface area contributed by atoms with Crippen molar-refractivity contribution in [3.63, 3.8) is 0 Å². The molecule has 1 heterocycles. The molecule has 1 aromatic rings. The topological polar surface area (TPSA) is 83.6 Å². The summed E-state index contributed by atoms with van der Waals surface area (Å²) in [5.74, 6) is 0.495. The first-order valence-corrected chi connectivity index (χ1v) is 4.57. The number of carbonyl (C=O) groups is 1. The summed E-state index contributed by atoms with van der Waals surface area (Å²) in [5.41, 5.74) is -0.344. The van der Waals surface area contributed by atoms with Crippen LogP contribution >= 0.6 is 0 Å². The number of nitrogens with zero attached hydrogens (tertiary/aromatic N) is 3. The minimum absolute atomic E-state index is 0.00444. The predicted octanol–water partition coefficient (Wildman–Crippen LogP) is 0.252. The lowest BCUT2D eigenvalue weighted by molar-refractivity contribution is -0.129. The lowest BCUT2D eigenvalue weighted by Crippen LogP contribution is -2.36. The van der Waals surface area contributed by atoms with Crippen LogP contribution in [0, 0.1) is 5.41 Å². The SMILES string of the molecule is CCC(C)(C)C(=O)NCc1nn[nH]n1. The largest absolute Gasteiger partial charge is 0.348 e. The van der Waals surface area contributed by atoms with Crippen molar-refractivity contribution in [1.29, 1.82) is 0 Å². The van der Waals surface area contributed by atoms with Gasteiger partial charge in [0.25, 0.3) is 0 Å². The van der Waals surface area contributed by atoms with Gasteiger partial charge in [-0.2, -0.15) is 5.21 Å². The Bertz CT molecular complexity index is 293. The zero-order valence-corrected chi connectivity index (χ0v) is 8.66. The fourth-order valence-corrected chi connectivity index (χ4v) is 0.817. The summed E-state index contributed by atoms with van der Waals surface area (Å²) in [4.78, 5) is 11.6. The van der Waals surface area contributed by atoms with E-state index in [0.717, 1.165) is 6.42 Å². The molecule has 0 atom stereocenters. The van der Waals surface area contributed by atoms with Gasteiger partial charge in [0.15, 0.2) is 5.82 Å². The molecule has 1 amide bonds. The molecular formula is C8H15N5O. The number of carbonyl (C=O) groups excluding carboxylic acids is 1. The summed E-state index contributed by atoms with van der Waals surface area (Å²) < 4.78 is 0. The number of tetrazole rings is 1. The van der Waals surface area contributed by atoms with Crippen LogP contribution in [-0.2, 0) is 11.3 Å². The molecule has 0 unspecified atom stereocenters. The van der Waals surface area contributed by atoms with Crippen LogP contribution in [0.5, 0.6) is 0 Å². The second-order valence-corrected chi connectivity index (χ2v) is 3.75. The predicted molar refractivity (Wildman–Crippen MR) is 50.1 cm³/mol. The number of aromatic amines is 1. The molecule has 0 radical (unpaired) electrons. The van der Waals surface area contributed by atoms with Crippen LogP contribution in [0.25, 0.3) is 0 Å². The molecule has 6 heteroatoms. The summed E-state index contributed by atoms with van der Waals surface area (Å²) in [7, 11) is 0. The Balaban J connectivity index is 2.43. The Hall–Kier alpha value is -1.46. The number of nitrogens with one attached hydrogen (secondary N) is 2. The van der Waals surface area contributed by atoms with Gasteiger partial charge in [-0.3, -0.25) is 4.79 Å². The molecule has 0 aromatic carbocycles. The Kier molecular flexibility index (Phi) is 3.16. The van der Waals surface area contributed by atoms with E-state index in [0.29, 0.717) is 12.4 Å². The molecule has 0 fully saturated rings. The zero-order chi connectivity index (χ0) is 10.6. The highest BCUT2D eigenvalue weighted by Gasteiger charge is 2.24. The Morgan fingerprint density at radius 3 is 2.79 bits per heavy atom. The lowest BCUT2D eigenvalue weighted by Gasteiger charge is -2.20. The van der Waals surface area contributed by atoms with E-state index in [2.05, 4.69) is 25.9 Å². The van der Waals surface area contributed by atoms with Crippen LogP contribution in [0.3, 0.4) is 0 Å². The van der Waals surface area contributed by atoms with Gasteiger partial charge in [-0.15, -0.1) is 10.2 Å². The third-order valence-electron chi connectivity index (χ3n) is 2.29. The van der Waals surface area contributed by atoms with Crippen LogP contribution in [0.4, 0.5) is 0 Å². The van der Waals surface area contributed by atoms with Crippen molar-refractivity contribution >= 4 is 5.91 Å². The minimum Gasteiger partial charge on any atom is -0.348 e. The molecule has 0 aliphatic heterocycles. The number of hydrogen-bond acceptors (Lipinski definition) is 4. The van der Waals surface area contributed by atoms with Gasteiger partial charge in [-0.1, -0.05) is 26.0 Å². The summed E-state index contributed by atoms with van der Waals surface area (Å²) in [5, 5.41) is 15.9. The van der Waals surface area contributed by atoms with Gasteiger partial charge in [0, 0.05) is 5.41 Å². The van der Waals surface area contributed by atoms with E-state index in [9.17, 15) is 4.79 Å². The summed E-state index contributed by atoms with van der Waals surface area (Å²) in [6.07, 6.45) is 0.797. The first kappa shape index (κ1) is 10.6. The molecular weight excluding hydrogens is 182 g/mol. The highest BCUT2D eigenvalue weighted by molar-refractivity contribution is 5.81. The molecule has 2 N–H and O–H groups in total. The first-order chi connectivity index (χ1) is 6.56. The van der Waals surface area contributed by atoms with Crippen molar-refractivity contribution in [2.24, 2.45) is 5.41 Å². The first-order valence-electron chi connectivity index (χ1n) is 4.57. The molecule has 0 bridgehead atoms. The van der Waals surface area contributed by atoms with Gasteiger partial charge in [-0.25, -0.2) is 0 Å². The number of rotatable bonds is 4. The van der Waals surface area contributed by atoms with Gasteiger partial charge in [0.1, 0.15) is 0 Å². The van der Waals surface area contributed by atoms with Gasteiger partial charge in [0.2, 0.25) is 5.91 Å². The Morgan fingerprint density at radius 1 is 1.57 bits per heavy atom. The van der Waals surface area contributed by atoms with Crippen molar-refractivity contribution in [2.75, 3.05) is 0 Å². The second kappa shape index (κ2) is 4.17. The van der Waals surface area contributed by atoms with E-state index in [1.54, 1.807) is 0 Å². The van der Waals surface area contributed by atoms with E-state index in [1.807, 2.05) is 20.8 Å². The summed E-state index contributed by atoms with van der Waals surface area (Å²) in [6, 6.07) is 0. The third-order valence-corrected chi connectivity index (χ3v) is 2.29. The zero-order valence-electron chi connectivity index (χ0n) is 8.66. The van der Waals surface area contributed by atoms with Crippen LogP contribution in [0.15, 0.2) is 0 Å². The highest BCUT2D eigenvalue weighted by Crippen LogP contribution is 2.19. The maximum absolute atomic E-state index is 11.6. The molecule has 0 saturated heterocycles. The van der Waals surface area contributed by atoms with Crippen LogP contribution in [0.1, 0.15) is 33.0 Å². The van der Waals surface area contributed by atoms with Gasteiger partial charge >= 0.3 is 0 Å². The molecule has 78 valence electrons. The number of hydrogen-bond donors (Lipinski definition) is 2. The monoisotopic (exact) mass is 197 g/mol. The smallest absolute Gasteiger partial charge is 0.226 e. The van der Waals surface area contributed by atoms with Gasteiger partial charge < -0.3 is 5.32 Å². The maximum Gasteiger partial charge on any atom is 0.226 e. The molecule has 6 nitrogen and oxygen atoms in total. The average molecular weight is 197 g/mol. The normalized spacial score (nSPS) is 11.4. The van der Waals surface area contributed by atoms with E-state index < -0.39 is 0 Å². The summed E-state index contributed by atoms with van der Waals surface area (Å²) >= 11 is 0. The molecule has 14 heavy (non-hydrogen) atoms.